The summed E-state index contributed by atoms with van der Waals surface area (Å²) in [5.74, 6) is 0. The van der Waals surface area contributed by atoms with Crippen LogP contribution >= 0.6 is 0 Å². The Kier molecular flexibility index (Phi) is 3.06. The highest BCUT2D eigenvalue weighted by molar-refractivity contribution is 5.80. The molecule has 0 aliphatic carbocycles. The molecule has 0 N–H and O–H groups in total. The van der Waals surface area contributed by atoms with Crippen LogP contribution in [0.25, 0.3) is 24.3 Å². The van der Waals surface area contributed by atoms with Crippen LogP contribution in [0, 0.1) is 27.7 Å². The first-order valence-electron chi connectivity index (χ1n) is 7.01. The Bertz CT molecular complexity index is 659. The standard InChI is InChI=1S/C19H19N/c1-12-13(2)19-11-9-17-7-5-6-16(20-17)8-10-18(12)14(3)15(19)4/h5-11H,1-4H3/b10-8-,11-9-. The number of aromatic nitrogens is 1. The molecule has 20 heavy (non-hydrogen) atoms. The molecular weight excluding hydrogens is 242 g/mol. The quantitative estimate of drug-likeness (QED) is 0.557. The van der Waals surface area contributed by atoms with Crippen LogP contribution in [0.4, 0.5) is 0 Å². The Morgan fingerprint density at radius 3 is 1.40 bits per heavy atom. The predicted octanol–water partition coefficient (Wildman–Crippen LogP) is 4.97. The molecule has 0 radical (unpaired) electrons. The smallest absolute Gasteiger partial charge is 0.0637 e. The third-order valence-electron chi connectivity index (χ3n) is 4.37. The van der Waals surface area contributed by atoms with Crippen molar-refractivity contribution in [2.75, 3.05) is 0 Å². The van der Waals surface area contributed by atoms with Gasteiger partial charge in [-0.25, -0.2) is 4.98 Å². The van der Waals surface area contributed by atoms with E-state index in [1.807, 2.05) is 12.1 Å². The average molecular weight is 261 g/mol. The number of rotatable bonds is 0. The summed E-state index contributed by atoms with van der Waals surface area (Å²) in [6.07, 6.45) is 8.62. The van der Waals surface area contributed by atoms with Crippen LogP contribution in [-0.4, -0.2) is 4.98 Å². The molecule has 0 saturated heterocycles. The minimum absolute atomic E-state index is 1.01. The summed E-state index contributed by atoms with van der Waals surface area (Å²) in [6, 6.07) is 6.15. The lowest BCUT2D eigenvalue weighted by atomic mass is 9.88. The van der Waals surface area contributed by atoms with Gasteiger partial charge < -0.3 is 0 Å². The minimum atomic E-state index is 1.01. The molecule has 1 nitrogen and oxygen atoms in total. The second kappa shape index (κ2) is 4.75. The number of pyridine rings is 1. The average Bonchev–Trinajstić information content (AvgIpc) is 2.47. The van der Waals surface area contributed by atoms with Crippen molar-refractivity contribution in [2.45, 2.75) is 27.7 Å². The van der Waals surface area contributed by atoms with Gasteiger partial charge in [0, 0.05) is 0 Å². The van der Waals surface area contributed by atoms with Crippen molar-refractivity contribution >= 4 is 24.3 Å². The summed E-state index contributed by atoms with van der Waals surface area (Å²) in [5.41, 5.74) is 10.1. The number of nitrogens with zero attached hydrogens (tertiary/aromatic N) is 1. The monoisotopic (exact) mass is 261 g/mol. The topological polar surface area (TPSA) is 12.9 Å². The van der Waals surface area contributed by atoms with Crippen molar-refractivity contribution in [1.82, 2.24) is 4.98 Å². The van der Waals surface area contributed by atoms with Crippen LogP contribution in [0.3, 0.4) is 0 Å². The van der Waals surface area contributed by atoms with Gasteiger partial charge in [0.1, 0.15) is 0 Å². The lowest BCUT2D eigenvalue weighted by Crippen LogP contribution is -1.99. The first kappa shape index (κ1) is 12.9. The third-order valence-corrected chi connectivity index (χ3v) is 4.37. The third kappa shape index (κ3) is 2.00. The Morgan fingerprint density at radius 1 is 0.600 bits per heavy atom. The second-order valence-electron chi connectivity index (χ2n) is 5.48. The molecule has 1 aromatic carbocycles. The fourth-order valence-corrected chi connectivity index (χ4v) is 2.86. The van der Waals surface area contributed by atoms with Gasteiger partial charge in [0.25, 0.3) is 0 Å². The van der Waals surface area contributed by atoms with Crippen LogP contribution in [0.5, 0.6) is 0 Å². The highest BCUT2D eigenvalue weighted by Gasteiger charge is 2.12. The maximum Gasteiger partial charge on any atom is 0.0637 e. The van der Waals surface area contributed by atoms with Gasteiger partial charge in [-0.3, -0.25) is 0 Å². The van der Waals surface area contributed by atoms with Crippen LogP contribution in [0.15, 0.2) is 18.2 Å². The molecule has 2 aliphatic heterocycles. The molecule has 2 aromatic rings. The van der Waals surface area contributed by atoms with Crippen molar-refractivity contribution in [2.24, 2.45) is 0 Å². The molecule has 1 aromatic heterocycles. The highest BCUT2D eigenvalue weighted by atomic mass is 14.7. The van der Waals surface area contributed by atoms with Gasteiger partial charge in [-0.1, -0.05) is 18.2 Å². The highest BCUT2D eigenvalue weighted by Crippen LogP contribution is 2.30. The molecule has 4 bridgehead atoms. The van der Waals surface area contributed by atoms with Gasteiger partial charge in [-0.15, -0.1) is 0 Å². The van der Waals surface area contributed by atoms with Crippen molar-refractivity contribution in [3.63, 3.8) is 0 Å². The lowest BCUT2D eigenvalue weighted by molar-refractivity contribution is 1.21. The fourth-order valence-electron chi connectivity index (χ4n) is 2.86. The number of benzene rings is 1. The van der Waals surface area contributed by atoms with E-state index in [9.17, 15) is 0 Å². The Morgan fingerprint density at radius 2 is 1.00 bits per heavy atom. The Hall–Kier alpha value is -2.15. The molecule has 2 aliphatic rings. The van der Waals surface area contributed by atoms with E-state index in [1.54, 1.807) is 0 Å². The Balaban J connectivity index is 2.39. The van der Waals surface area contributed by atoms with Gasteiger partial charge in [-0.2, -0.15) is 0 Å². The van der Waals surface area contributed by atoms with E-state index in [-0.39, 0.29) is 0 Å². The van der Waals surface area contributed by atoms with E-state index in [4.69, 9.17) is 0 Å². The van der Waals surface area contributed by atoms with E-state index in [0.717, 1.165) is 11.4 Å². The molecular formula is C19H19N. The van der Waals surface area contributed by atoms with Gasteiger partial charge in [-0.05, 0) is 85.4 Å². The van der Waals surface area contributed by atoms with Crippen LogP contribution in [0.1, 0.15) is 44.8 Å². The zero-order valence-electron chi connectivity index (χ0n) is 12.5. The lowest BCUT2D eigenvalue weighted by Gasteiger charge is -2.16. The molecule has 0 amide bonds. The molecule has 0 fully saturated rings. The van der Waals surface area contributed by atoms with Crippen LogP contribution in [0.2, 0.25) is 0 Å². The molecule has 3 heterocycles. The van der Waals surface area contributed by atoms with E-state index in [0.29, 0.717) is 0 Å². The normalized spacial score (nSPS) is 15.8. The number of hydrogen-bond acceptors (Lipinski definition) is 1. The zero-order valence-corrected chi connectivity index (χ0v) is 12.5. The summed E-state index contributed by atoms with van der Waals surface area (Å²) < 4.78 is 0. The van der Waals surface area contributed by atoms with Gasteiger partial charge in [0.15, 0.2) is 0 Å². The molecule has 0 atom stereocenters. The van der Waals surface area contributed by atoms with Crippen molar-refractivity contribution in [3.8, 4) is 0 Å². The SMILES string of the molecule is Cc1c(C)c2c(C)c(C)c1/C=C\c1cccc(n1)/C=C\2. The molecule has 1 heteroatoms. The fraction of sp³-hybridized carbons (Fsp3) is 0.211. The van der Waals surface area contributed by atoms with E-state index >= 15 is 0 Å². The molecule has 100 valence electrons. The van der Waals surface area contributed by atoms with E-state index < -0.39 is 0 Å². The molecule has 0 unspecified atom stereocenters. The second-order valence-corrected chi connectivity index (χ2v) is 5.48. The first-order chi connectivity index (χ1) is 9.58. The van der Waals surface area contributed by atoms with Gasteiger partial charge in [0.2, 0.25) is 0 Å². The molecule has 0 spiro atoms. The summed E-state index contributed by atoms with van der Waals surface area (Å²) in [6.45, 7) is 8.83. The van der Waals surface area contributed by atoms with Crippen molar-refractivity contribution < 1.29 is 0 Å². The zero-order chi connectivity index (χ0) is 14.3. The van der Waals surface area contributed by atoms with Gasteiger partial charge in [0.05, 0.1) is 11.4 Å². The number of fused-ring (bicyclic) bond motifs is 2. The van der Waals surface area contributed by atoms with E-state index in [2.05, 4.69) is 63.0 Å². The van der Waals surface area contributed by atoms with Crippen molar-refractivity contribution in [3.05, 3.63) is 63.0 Å². The summed E-state index contributed by atoms with van der Waals surface area (Å²) in [5, 5.41) is 0. The predicted molar refractivity (Wildman–Crippen MR) is 87.5 cm³/mol. The maximum absolute atomic E-state index is 4.64. The molecule has 0 saturated carbocycles. The number of hydrogen-bond donors (Lipinski definition) is 0. The largest absolute Gasteiger partial charge is 0.249 e. The van der Waals surface area contributed by atoms with Crippen molar-refractivity contribution in [1.29, 1.82) is 0 Å². The van der Waals surface area contributed by atoms with E-state index in [1.165, 1.54) is 33.4 Å². The maximum atomic E-state index is 4.64. The summed E-state index contributed by atoms with van der Waals surface area (Å²) in [7, 11) is 0. The van der Waals surface area contributed by atoms with Gasteiger partial charge >= 0.3 is 0 Å². The Labute approximate surface area is 120 Å². The minimum Gasteiger partial charge on any atom is -0.249 e. The summed E-state index contributed by atoms with van der Waals surface area (Å²) >= 11 is 0. The molecule has 4 rings (SSSR count). The van der Waals surface area contributed by atoms with Crippen LogP contribution < -0.4 is 0 Å². The summed E-state index contributed by atoms with van der Waals surface area (Å²) in [4.78, 5) is 4.64. The first-order valence-corrected chi connectivity index (χ1v) is 7.01. The van der Waals surface area contributed by atoms with Crippen LogP contribution in [-0.2, 0) is 0 Å².